The molecule has 0 radical (unpaired) electrons. The summed E-state index contributed by atoms with van der Waals surface area (Å²) < 4.78 is 11.0. The lowest BCUT2D eigenvalue weighted by Gasteiger charge is -2.11. The van der Waals surface area contributed by atoms with E-state index in [1.54, 1.807) is 18.2 Å². The molecule has 2 aromatic rings. The van der Waals surface area contributed by atoms with Crippen molar-refractivity contribution in [1.82, 2.24) is 14.9 Å². The number of carbonyl (C=O) groups is 2. The van der Waals surface area contributed by atoms with Crippen molar-refractivity contribution in [2.75, 3.05) is 31.1 Å². The summed E-state index contributed by atoms with van der Waals surface area (Å²) in [4.78, 5) is 34.8. The highest BCUT2D eigenvalue weighted by Gasteiger charge is 2.14. The normalized spacial score (nSPS) is 10.4. The van der Waals surface area contributed by atoms with E-state index < -0.39 is 11.5 Å². The van der Waals surface area contributed by atoms with E-state index in [1.807, 2.05) is 0 Å². The molecular formula is C16H19N5O6S. The summed E-state index contributed by atoms with van der Waals surface area (Å²) in [5.41, 5.74) is -0.202. The van der Waals surface area contributed by atoms with Crippen molar-refractivity contribution in [1.29, 1.82) is 0 Å². The molecule has 1 heterocycles. The van der Waals surface area contributed by atoms with E-state index in [-0.39, 0.29) is 35.4 Å². The van der Waals surface area contributed by atoms with Gasteiger partial charge in [0.2, 0.25) is 11.1 Å². The molecule has 1 aromatic heterocycles. The minimum absolute atomic E-state index is 0.0338. The number of carboxylic acid groups (broad SMARTS) is 1. The fourth-order valence-electron chi connectivity index (χ4n) is 2.14. The van der Waals surface area contributed by atoms with E-state index >= 15 is 0 Å². The third-order valence-electron chi connectivity index (χ3n) is 3.50. The Balaban J connectivity index is 2.00. The summed E-state index contributed by atoms with van der Waals surface area (Å²) in [5, 5.41) is 18.9. The number of carboxylic acids is 1. The summed E-state index contributed by atoms with van der Waals surface area (Å²) in [7, 11) is 2.99. The molecule has 0 aliphatic heterocycles. The van der Waals surface area contributed by atoms with Gasteiger partial charge < -0.3 is 25.7 Å². The minimum Gasteiger partial charge on any atom is -0.493 e. The van der Waals surface area contributed by atoms with Crippen LogP contribution in [0.5, 0.6) is 11.5 Å². The summed E-state index contributed by atoms with van der Waals surface area (Å²) in [6, 6.07) is 4.91. The SMILES string of the molecule is COc1ccc(NC(=O)CSc2nnc(CCC(=O)O)c(=O)n2N)cc1OC. The highest BCUT2D eigenvalue weighted by atomic mass is 32.2. The monoisotopic (exact) mass is 409 g/mol. The highest BCUT2D eigenvalue weighted by Crippen LogP contribution is 2.29. The minimum atomic E-state index is -1.06. The van der Waals surface area contributed by atoms with Crippen LogP contribution in [0, 0.1) is 0 Å². The van der Waals surface area contributed by atoms with Crippen LogP contribution in [0.1, 0.15) is 12.1 Å². The van der Waals surface area contributed by atoms with Gasteiger partial charge in [0, 0.05) is 18.2 Å². The topological polar surface area (TPSA) is 159 Å². The lowest BCUT2D eigenvalue weighted by molar-refractivity contribution is -0.137. The van der Waals surface area contributed by atoms with Crippen molar-refractivity contribution in [3.05, 3.63) is 34.2 Å². The predicted molar refractivity (Wildman–Crippen MR) is 101 cm³/mol. The first-order valence-corrected chi connectivity index (χ1v) is 8.94. The average molecular weight is 409 g/mol. The maximum Gasteiger partial charge on any atom is 0.303 e. The van der Waals surface area contributed by atoms with E-state index in [0.29, 0.717) is 17.2 Å². The number of nitrogens with two attached hydrogens (primary N) is 1. The van der Waals surface area contributed by atoms with Crippen LogP contribution >= 0.6 is 11.8 Å². The molecule has 0 aliphatic carbocycles. The Hall–Kier alpha value is -3.28. The summed E-state index contributed by atoms with van der Waals surface area (Å²) in [5.74, 6) is 5.17. The number of carbonyl (C=O) groups excluding carboxylic acids is 1. The van der Waals surface area contributed by atoms with Gasteiger partial charge in [0.1, 0.15) is 5.69 Å². The molecule has 1 amide bonds. The molecule has 2 rings (SSSR count). The molecular weight excluding hydrogens is 390 g/mol. The lowest BCUT2D eigenvalue weighted by atomic mass is 10.2. The Kier molecular flexibility index (Phi) is 7.21. The number of aryl methyl sites for hydroxylation is 1. The number of aliphatic carboxylic acids is 1. The number of amides is 1. The Labute approximate surface area is 163 Å². The third-order valence-corrected chi connectivity index (χ3v) is 4.45. The average Bonchev–Trinajstić information content (AvgIpc) is 2.68. The largest absolute Gasteiger partial charge is 0.493 e. The van der Waals surface area contributed by atoms with Crippen molar-refractivity contribution >= 4 is 29.3 Å². The first-order valence-electron chi connectivity index (χ1n) is 7.95. The number of nitrogen functional groups attached to an aromatic ring is 1. The van der Waals surface area contributed by atoms with Crippen LogP contribution in [0.2, 0.25) is 0 Å². The van der Waals surface area contributed by atoms with Crippen molar-refractivity contribution in [3.63, 3.8) is 0 Å². The molecule has 4 N–H and O–H groups in total. The standard InChI is InChI=1S/C16H19N5O6S/c1-26-11-5-3-9(7-12(11)27-2)18-13(22)8-28-16-20-19-10(4-6-14(23)24)15(25)21(16)17/h3,5,7H,4,6,8,17H2,1-2H3,(H,18,22)(H,23,24). The van der Waals surface area contributed by atoms with E-state index in [0.717, 1.165) is 16.4 Å². The molecule has 0 unspecified atom stereocenters. The molecule has 0 atom stereocenters. The molecule has 11 nitrogen and oxygen atoms in total. The smallest absolute Gasteiger partial charge is 0.303 e. The van der Waals surface area contributed by atoms with Crippen molar-refractivity contribution in [2.45, 2.75) is 18.0 Å². The quantitative estimate of drug-likeness (QED) is 0.383. The Morgan fingerprint density at radius 1 is 1.25 bits per heavy atom. The van der Waals surface area contributed by atoms with Crippen LogP contribution in [-0.2, 0) is 16.0 Å². The van der Waals surface area contributed by atoms with Gasteiger partial charge in [0.25, 0.3) is 5.56 Å². The van der Waals surface area contributed by atoms with Crippen LogP contribution in [0.25, 0.3) is 0 Å². The maximum absolute atomic E-state index is 12.1. The molecule has 0 bridgehead atoms. The second kappa shape index (κ2) is 9.60. The van der Waals surface area contributed by atoms with Gasteiger partial charge in [-0.3, -0.25) is 14.4 Å². The Morgan fingerprint density at radius 2 is 1.96 bits per heavy atom. The first kappa shape index (κ1) is 21.0. The number of hydrogen-bond donors (Lipinski definition) is 3. The summed E-state index contributed by atoms with van der Waals surface area (Å²) >= 11 is 0.919. The second-order valence-corrected chi connectivity index (χ2v) is 6.35. The molecule has 1 aromatic carbocycles. The van der Waals surface area contributed by atoms with E-state index in [1.165, 1.54) is 14.2 Å². The molecule has 0 spiro atoms. The molecule has 28 heavy (non-hydrogen) atoms. The number of nitrogens with one attached hydrogen (secondary N) is 1. The van der Waals surface area contributed by atoms with Crippen molar-refractivity contribution in [2.24, 2.45) is 0 Å². The van der Waals surface area contributed by atoms with Gasteiger partial charge >= 0.3 is 5.97 Å². The molecule has 0 saturated carbocycles. The highest BCUT2D eigenvalue weighted by molar-refractivity contribution is 7.99. The number of hydrogen-bond acceptors (Lipinski definition) is 9. The van der Waals surface area contributed by atoms with Crippen molar-refractivity contribution < 1.29 is 24.2 Å². The number of thioether (sulfide) groups is 1. The fourth-order valence-corrected chi connectivity index (χ4v) is 2.79. The van der Waals surface area contributed by atoms with Gasteiger partial charge in [0.05, 0.1) is 26.4 Å². The number of nitrogens with zero attached hydrogens (tertiary/aromatic N) is 3. The Bertz CT molecular complexity index is 932. The summed E-state index contributed by atoms with van der Waals surface area (Å²) in [6.07, 6.45) is -0.340. The second-order valence-electron chi connectivity index (χ2n) is 5.40. The van der Waals surface area contributed by atoms with E-state index in [9.17, 15) is 14.4 Å². The van der Waals surface area contributed by atoms with Gasteiger partial charge in [-0.15, -0.1) is 10.2 Å². The van der Waals surface area contributed by atoms with Crippen LogP contribution in [0.3, 0.4) is 0 Å². The van der Waals surface area contributed by atoms with Crippen molar-refractivity contribution in [3.8, 4) is 11.5 Å². The molecule has 0 fully saturated rings. The number of anilines is 1. The van der Waals surface area contributed by atoms with E-state index in [2.05, 4.69) is 15.5 Å². The zero-order valence-corrected chi connectivity index (χ0v) is 16.0. The molecule has 12 heteroatoms. The van der Waals surface area contributed by atoms with E-state index in [4.69, 9.17) is 20.4 Å². The third kappa shape index (κ3) is 5.36. The van der Waals surface area contributed by atoms with Gasteiger partial charge in [0.15, 0.2) is 11.5 Å². The van der Waals surface area contributed by atoms with Crippen LogP contribution in [0.15, 0.2) is 28.2 Å². The number of aromatic nitrogens is 3. The number of methoxy groups -OCH3 is 2. The van der Waals surface area contributed by atoms with Gasteiger partial charge in [-0.1, -0.05) is 11.8 Å². The van der Waals surface area contributed by atoms with Gasteiger partial charge in [-0.2, -0.15) is 4.68 Å². The zero-order chi connectivity index (χ0) is 20.7. The maximum atomic E-state index is 12.1. The molecule has 0 aliphatic rings. The van der Waals surface area contributed by atoms with Gasteiger partial charge in [-0.25, -0.2) is 0 Å². The van der Waals surface area contributed by atoms with Crippen LogP contribution < -0.4 is 26.2 Å². The number of rotatable bonds is 9. The summed E-state index contributed by atoms with van der Waals surface area (Å²) in [6.45, 7) is 0. The van der Waals surface area contributed by atoms with Gasteiger partial charge in [-0.05, 0) is 12.1 Å². The molecule has 150 valence electrons. The first-order chi connectivity index (χ1) is 13.3. The fraction of sp³-hybridized carbons (Fsp3) is 0.312. The van der Waals surface area contributed by atoms with Crippen LogP contribution in [0.4, 0.5) is 5.69 Å². The number of benzene rings is 1. The predicted octanol–water partition coefficient (Wildman–Crippen LogP) is 0.117. The van der Waals surface area contributed by atoms with Crippen LogP contribution in [-0.4, -0.2) is 51.8 Å². The Morgan fingerprint density at radius 3 is 2.61 bits per heavy atom. The molecule has 0 saturated heterocycles. The number of ether oxygens (including phenoxy) is 2. The lowest BCUT2D eigenvalue weighted by Crippen LogP contribution is -2.34. The zero-order valence-electron chi connectivity index (χ0n) is 15.2.